The van der Waals surface area contributed by atoms with Gasteiger partial charge in [-0.05, 0) is 26.0 Å². The number of hydrogen-bond acceptors (Lipinski definition) is 8. The van der Waals surface area contributed by atoms with Crippen LogP contribution in [0.1, 0.15) is 25.6 Å². The van der Waals surface area contributed by atoms with Crippen molar-refractivity contribution >= 4 is 22.9 Å². The molecule has 0 saturated heterocycles. The van der Waals surface area contributed by atoms with Crippen LogP contribution < -0.4 is 10.1 Å². The number of aromatic nitrogens is 6. The molecule has 0 saturated carbocycles. The van der Waals surface area contributed by atoms with Gasteiger partial charge in [0.2, 0.25) is 5.88 Å². The van der Waals surface area contributed by atoms with Crippen LogP contribution in [0.2, 0.25) is 5.02 Å². The Hall–Kier alpha value is -3.21. The van der Waals surface area contributed by atoms with Gasteiger partial charge in [-0.1, -0.05) is 11.6 Å². The van der Waals surface area contributed by atoms with Gasteiger partial charge in [0.05, 0.1) is 47.3 Å². The van der Waals surface area contributed by atoms with Gasteiger partial charge in [-0.2, -0.15) is 10.2 Å². The van der Waals surface area contributed by atoms with Gasteiger partial charge in [-0.3, -0.25) is 4.68 Å². The number of methoxy groups -OCH3 is 1. The number of ether oxygens (including phenoxy) is 1. The number of nitrogens with one attached hydrogen (secondary N) is 1. The van der Waals surface area contributed by atoms with Gasteiger partial charge < -0.3 is 20.3 Å². The summed E-state index contributed by atoms with van der Waals surface area (Å²) in [4.78, 5) is 8.48. The van der Waals surface area contributed by atoms with Gasteiger partial charge in [0.25, 0.3) is 0 Å². The van der Waals surface area contributed by atoms with E-state index in [0.29, 0.717) is 39.1 Å². The average molecular weight is 444 g/mol. The molecule has 1 atom stereocenters. The molecule has 0 spiro atoms. The Morgan fingerprint density at radius 1 is 1.29 bits per heavy atom. The van der Waals surface area contributed by atoms with Gasteiger partial charge >= 0.3 is 0 Å². The quantitative estimate of drug-likeness (QED) is 0.372. The zero-order chi connectivity index (χ0) is 22.2. The van der Waals surface area contributed by atoms with Gasteiger partial charge in [0.15, 0.2) is 11.9 Å². The Bertz CT molecular complexity index is 1220. The highest BCUT2D eigenvalue weighted by Crippen LogP contribution is 2.36. The lowest BCUT2D eigenvalue weighted by Gasteiger charge is -2.16. The Morgan fingerprint density at radius 2 is 2.10 bits per heavy atom. The van der Waals surface area contributed by atoms with Crippen molar-refractivity contribution in [3.8, 4) is 17.1 Å². The standard InChI is InChI=1S/C20H22ClN7O3/c1-20(2,30)11-27-10-15(16(26-27)13-7-12(21)8-23-19(13)31-3)25-18(29)14-9-24-28-6-4-5-22-17(14)28/h4-10,18,25,29-30H,11H2,1-3H3. The summed E-state index contributed by atoms with van der Waals surface area (Å²) in [5.41, 5.74) is 1.52. The molecule has 1 unspecified atom stereocenters. The summed E-state index contributed by atoms with van der Waals surface area (Å²) in [5.74, 6) is 0.327. The molecule has 0 aliphatic rings. The summed E-state index contributed by atoms with van der Waals surface area (Å²) in [6.45, 7) is 3.59. The fourth-order valence-electron chi connectivity index (χ4n) is 3.23. The first-order valence-electron chi connectivity index (χ1n) is 9.48. The van der Waals surface area contributed by atoms with E-state index in [4.69, 9.17) is 16.3 Å². The first-order chi connectivity index (χ1) is 14.7. The van der Waals surface area contributed by atoms with Crippen molar-refractivity contribution in [3.63, 3.8) is 0 Å². The molecule has 0 radical (unpaired) electrons. The van der Waals surface area contributed by atoms with Crippen LogP contribution in [-0.4, -0.2) is 52.3 Å². The molecular weight excluding hydrogens is 422 g/mol. The lowest BCUT2D eigenvalue weighted by Crippen LogP contribution is -2.26. The number of rotatable bonds is 7. The second kappa shape index (κ2) is 8.14. The molecule has 0 fully saturated rings. The van der Waals surface area contributed by atoms with Gasteiger partial charge in [0.1, 0.15) is 5.69 Å². The van der Waals surface area contributed by atoms with Crippen LogP contribution in [-0.2, 0) is 6.54 Å². The average Bonchev–Trinajstić information content (AvgIpc) is 3.30. The molecule has 0 aliphatic carbocycles. The molecule has 162 valence electrons. The van der Waals surface area contributed by atoms with Crippen molar-refractivity contribution in [2.24, 2.45) is 0 Å². The third-order valence-electron chi connectivity index (χ3n) is 4.47. The predicted octanol–water partition coefficient (Wildman–Crippen LogP) is 2.52. The van der Waals surface area contributed by atoms with Crippen LogP contribution in [0, 0.1) is 0 Å². The van der Waals surface area contributed by atoms with Crippen molar-refractivity contribution < 1.29 is 14.9 Å². The van der Waals surface area contributed by atoms with E-state index in [-0.39, 0.29) is 6.54 Å². The van der Waals surface area contributed by atoms with Crippen molar-refractivity contribution in [2.45, 2.75) is 32.2 Å². The van der Waals surface area contributed by atoms with Crippen molar-refractivity contribution in [2.75, 3.05) is 12.4 Å². The number of hydrogen-bond donors (Lipinski definition) is 3. The lowest BCUT2D eigenvalue weighted by atomic mass is 10.1. The molecule has 10 nitrogen and oxygen atoms in total. The summed E-state index contributed by atoms with van der Waals surface area (Å²) < 4.78 is 8.53. The molecule has 31 heavy (non-hydrogen) atoms. The number of pyridine rings is 1. The van der Waals surface area contributed by atoms with Crippen molar-refractivity contribution in [3.05, 3.63) is 53.7 Å². The minimum absolute atomic E-state index is 0.229. The van der Waals surface area contributed by atoms with E-state index in [2.05, 4.69) is 25.5 Å². The highest BCUT2D eigenvalue weighted by atomic mass is 35.5. The van der Waals surface area contributed by atoms with Crippen LogP contribution in [0.15, 0.2) is 43.1 Å². The number of aliphatic hydroxyl groups excluding tert-OH is 1. The summed E-state index contributed by atoms with van der Waals surface area (Å²) in [6.07, 6.45) is 6.96. The van der Waals surface area contributed by atoms with E-state index >= 15 is 0 Å². The minimum atomic E-state index is -1.12. The van der Waals surface area contributed by atoms with Gasteiger partial charge in [0, 0.05) is 24.8 Å². The molecule has 0 bridgehead atoms. The Morgan fingerprint density at radius 3 is 2.84 bits per heavy atom. The smallest absolute Gasteiger partial charge is 0.222 e. The molecule has 4 aromatic heterocycles. The zero-order valence-electron chi connectivity index (χ0n) is 17.2. The summed E-state index contributed by atoms with van der Waals surface area (Å²) in [5, 5.41) is 33.4. The van der Waals surface area contributed by atoms with Crippen LogP contribution in [0.25, 0.3) is 16.9 Å². The third-order valence-corrected chi connectivity index (χ3v) is 4.68. The number of fused-ring (bicyclic) bond motifs is 1. The molecule has 4 heterocycles. The molecule has 0 aromatic carbocycles. The molecule has 0 aliphatic heterocycles. The number of halogens is 1. The molecule has 0 amide bonds. The number of aliphatic hydroxyl groups is 2. The number of anilines is 1. The summed E-state index contributed by atoms with van der Waals surface area (Å²) >= 11 is 6.16. The van der Waals surface area contributed by atoms with Crippen LogP contribution in [0.4, 0.5) is 5.69 Å². The molecule has 4 rings (SSSR count). The number of nitrogens with zero attached hydrogens (tertiary/aromatic N) is 6. The van der Waals surface area contributed by atoms with E-state index in [1.165, 1.54) is 13.3 Å². The van der Waals surface area contributed by atoms with Crippen molar-refractivity contribution in [1.29, 1.82) is 0 Å². The first-order valence-corrected chi connectivity index (χ1v) is 9.85. The Labute approximate surface area is 183 Å². The SMILES string of the molecule is COc1ncc(Cl)cc1-c1nn(CC(C)(C)O)cc1NC(O)c1cnn2cccnc12. The molecular formula is C20H22ClN7O3. The third kappa shape index (κ3) is 4.46. The highest BCUT2D eigenvalue weighted by molar-refractivity contribution is 6.30. The van der Waals surface area contributed by atoms with Crippen LogP contribution >= 0.6 is 11.6 Å². The fraction of sp³-hybridized carbons (Fsp3) is 0.300. The van der Waals surface area contributed by atoms with Crippen LogP contribution in [0.5, 0.6) is 5.88 Å². The normalized spacial score (nSPS) is 12.8. The maximum atomic E-state index is 10.9. The Balaban J connectivity index is 1.76. The van der Waals surface area contributed by atoms with Gasteiger partial charge in [-0.25, -0.2) is 14.5 Å². The fourth-order valence-corrected chi connectivity index (χ4v) is 3.38. The maximum absolute atomic E-state index is 10.9. The van der Waals surface area contributed by atoms with E-state index < -0.39 is 11.8 Å². The van der Waals surface area contributed by atoms with E-state index in [9.17, 15) is 10.2 Å². The Kier molecular flexibility index (Phi) is 5.52. The minimum Gasteiger partial charge on any atom is -0.481 e. The second-order valence-electron chi connectivity index (χ2n) is 7.65. The summed E-state index contributed by atoms with van der Waals surface area (Å²) in [7, 11) is 1.50. The highest BCUT2D eigenvalue weighted by Gasteiger charge is 2.23. The van der Waals surface area contributed by atoms with E-state index in [1.54, 1.807) is 60.0 Å². The predicted molar refractivity (Wildman–Crippen MR) is 115 cm³/mol. The molecule has 3 N–H and O–H groups in total. The van der Waals surface area contributed by atoms with Gasteiger partial charge in [-0.15, -0.1) is 0 Å². The molecule has 11 heteroatoms. The zero-order valence-corrected chi connectivity index (χ0v) is 17.9. The van der Waals surface area contributed by atoms with E-state index in [0.717, 1.165) is 0 Å². The topological polar surface area (TPSA) is 123 Å². The lowest BCUT2D eigenvalue weighted by molar-refractivity contribution is 0.0578. The first kappa shape index (κ1) is 21.0. The largest absolute Gasteiger partial charge is 0.481 e. The van der Waals surface area contributed by atoms with Crippen molar-refractivity contribution in [1.82, 2.24) is 29.4 Å². The maximum Gasteiger partial charge on any atom is 0.222 e. The van der Waals surface area contributed by atoms with E-state index in [1.807, 2.05) is 0 Å². The second-order valence-corrected chi connectivity index (χ2v) is 8.08. The molecule has 4 aromatic rings. The van der Waals surface area contributed by atoms with Crippen LogP contribution in [0.3, 0.4) is 0 Å². The summed E-state index contributed by atoms with van der Waals surface area (Å²) in [6, 6.07) is 3.43. The monoisotopic (exact) mass is 443 g/mol.